The van der Waals surface area contributed by atoms with E-state index in [1.165, 1.54) is 11.8 Å². The smallest absolute Gasteiger partial charge is 0.278 e. The highest BCUT2D eigenvalue weighted by molar-refractivity contribution is 5.95. The number of benzene rings is 1. The average molecular weight is 328 g/mol. The third kappa shape index (κ3) is 3.14. The molecule has 2 aromatic rings. The summed E-state index contributed by atoms with van der Waals surface area (Å²) in [6.07, 6.45) is 2.38. The van der Waals surface area contributed by atoms with Crippen LogP contribution in [0.15, 0.2) is 30.5 Å². The monoisotopic (exact) mass is 328 g/mol. The number of aromatic nitrogens is 2. The minimum Gasteiger partial charge on any atom is -0.504 e. The first-order valence-electron chi connectivity index (χ1n) is 8.38. The molecule has 6 heteroatoms. The van der Waals surface area contributed by atoms with Crippen LogP contribution in [-0.4, -0.2) is 45.3 Å². The number of hydrogen-bond acceptors (Lipinski definition) is 4. The first kappa shape index (κ1) is 16.5. The van der Waals surface area contributed by atoms with Gasteiger partial charge >= 0.3 is 0 Å². The first-order valence-corrected chi connectivity index (χ1v) is 8.38. The molecule has 0 aliphatic carbocycles. The number of hydrogen-bond donors (Lipinski definition) is 2. The molecule has 1 aromatic carbocycles. The van der Waals surface area contributed by atoms with Crippen molar-refractivity contribution in [3.63, 3.8) is 0 Å². The first-order chi connectivity index (χ1) is 11.5. The summed E-state index contributed by atoms with van der Waals surface area (Å²) in [6, 6.07) is 7.95. The fourth-order valence-electron chi connectivity index (χ4n) is 3.02. The Hall–Kier alpha value is -2.34. The molecular weight excluding hydrogens is 304 g/mol. The summed E-state index contributed by atoms with van der Waals surface area (Å²) in [7, 11) is 0. The maximum absolute atomic E-state index is 12.6. The van der Waals surface area contributed by atoms with E-state index in [1.807, 2.05) is 24.3 Å². The molecule has 1 unspecified atom stereocenters. The van der Waals surface area contributed by atoms with Crippen LogP contribution in [0.3, 0.4) is 0 Å². The zero-order chi connectivity index (χ0) is 17.3. The van der Waals surface area contributed by atoms with E-state index in [1.54, 1.807) is 9.58 Å². The van der Waals surface area contributed by atoms with Gasteiger partial charge in [0.05, 0.1) is 11.9 Å². The molecule has 2 heterocycles. The molecule has 24 heavy (non-hydrogen) atoms. The van der Waals surface area contributed by atoms with E-state index < -0.39 is 0 Å². The predicted octanol–water partition coefficient (Wildman–Crippen LogP) is 2.12. The number of aromatic hydroxyl groups is 1. The molecule has 0 radical (unpaired) electrons. The molecule has 0 bridgehead atoms. The summed E-state index contributed by atoms with van der Waals surface area (Å²) in [4.78, 5) is 14.3. The van der Waals surface area contributed by atoms with Crippen LogP contribution in [0, 0.1) is 5.92 Å². The lowest BCUT2D eigenvalue weighted by Gasteiger charge is -2.14. The number of nitrogens with zero attached hydrogens (tertiary/aromatic N) is 3. The number of likely N-dealkylation sites (tertiary alicyclic amines) is 1. The van der Waals surface area contributed by atoms with Crippen molar-refractivity contribution in [2.45, 2.75) is 26.2 Å². The largest absolute Gasteiger partial charge is 0.504 e. The van der Waals surface area contributed by atoms with Crippen molar-refractivity contribution in [2.75, 3.05) is 19.6 Å². The van der Waals surface area contributed by atoms with E-state index >= 15 is 0 Å². The van der Waals surface area contributed by atoms with Crippen LogP contribution in [-0.2, 0) is 0 Å². The molecule has 128 valence electrons. The maximum Gasteiger partial charge on any atom is 0.278 e. The van der Waals surface area contributed by atoms with E-state index in [0.717, 1.165) is 12.1 Å². The van der Waals surface area contributed by atoms with Gasteiger partial charge in [-0.3, -0.25) is 4.79 Å². The predicted molar refractivity (Wildman–Crippen MR) is 92.4 cm³/mol. The number of carbonyl (C=O) groups excluding carboxylic acids is 1. The van der Waals surface area contributed by atoms with Gasteiger partial charge in [-0.15, -0.1) is 0 Å². The second-order valence-corrected chi connectivity index (χ2v) is 6.70. The Morgan fingerprint density at radius 3 is 2.67 bits per heavy atom. The molecule has 0 saturated carbocycles. The second-order valence-electron chi connectivity index (χ2n) is 6.70. The van der Waals surface area contributed by atoms with Crippen LogP contribution in [0.5, 0.6) is 5.75 Å². The Morgan fingerprint density at radius 1 is 1.38 bits per heavy atom. The molecule has 3 N–H and O–H groups in total. The summed E-state index contributed by atoms with van der Waals surface area (Å²) >= 11 is 0. The summed E-state index contributed by atoms with van der Waals surface area (Å²) in [5, 5.41) is 14.4. The van der Waals surface area contributed by atoms with Crippen molar-refractivity contribution in [1.29, 1.82) is 0 Å². The third-order valence-electron chi connectivity index (χ3n) is 4.63. The van der Waals surface area contributed by atoms with Crippen molar-refractivity contribution in [1.82, 2.24) is 14.7 Å². The van der Waals surface area contributed by atoms with Gasteiger partial charge in [-0.1, -0.05) is 26.0 Å². The molecule has 1 aliphatic heterocycles. The van der Waals surface area contributed by atoms with Crippen molar-refractivity contribution in [2.24, 2.45) is 11.7 Å². The van der Waals surface area contributed by atoms with Crippen molar-refractivity contribution >= 4 is 5.91 Å². The summed E-state index contributed by atoms with van der Waals surface area (Å²) in [5.41, 5.74) is 7.82. The highest BCUT2D eigenvalue weighted by atomic mass is 16.3. The molecule has 1 atom stereocenters. The van der Waals surface area contributed by atoms with Gasteiger partial charge in [-0.2, -0.15) is 5.10 Å². The third-order valence-corrected chi connectivity index (χ3v) is 4.63. The van der Waals surface area contributed by atoms with E-state index in [2.05, 4.69) is 18.9 Å². The minimum atomic E-state index is -0.235. The Kier molecular flexibility index (Phi) is 4.57. The Balaban J connectivity index is 1.81. The molecule has 1 aliphatic rings. The van der Waals surface area contributed by atoms with E-state index in [-0.39, 0.29) is 17.4 Å². The fourth-order valence-corrected chi connectivity index (χ4v) is 3.02. The van der Waals surface area contributed by atoms with Gasteiger partial charge in [0, 0.05) is 13.1 Å². The molecule has 1 fully saturated rings. The van der Waals surface area contributed by atoms with E-state index in [0.29, 0.717) is 31.5 Å². The lowest BCUT2D eigenvalue weighted by molar-refractivity contribution is 0.0778. The Labute approximate surface area is 141 Å². The summed E-state index contributed by atoms with van der Waals surface area (Å²) in [5.74, 6) is 0.458. The van der Waals surface area contributed by atoms with E-state index in [9.17, 15) is 9.90 Å². The van der Waals surface area contributed by atoms with E-state index in [4.69, 9.17) is 5.73 Å². The highest BCUT2D eigenvalue weighted by Crippen LogP contribution is 2.24. The van der Waals surface area contributed by atoms with Gasteiger partial charge in [-0.25, -0.2) is 4.68 Å². The minimum absolute atomic E-state index is 0.0934. The van der Waals surface area contributed by atoms with Gasteiger partial charge in [-0.05, 0) is 42.5 Å². The van der Waals surface area contributed by atoms with Gasteiger partial charge in [0.2, 0.25) is 0 Å². The van der Waals surface area contributed by atoms with Gasteiger partial charge in [0.15, 0.2) is 11.4 Å². The van der Waals surface area contributed by atoms with Crippen LogP contribution in [0.2, 0.25) is 0 Å². The molecular formula is C18H24N4O2. The molecule has 1 saturated heterocycles. The standard InChI is InChI=1S/C18H24N4O2/c1-12(2)14-3-5-15(6-4-14)22-11-16(23)17(20-22)18(24)21-8-7-13(9-19)10-21/h3-6,11-13,23H,7-10,19H2,1-2H3. The molecule has 0 spiro atoms. The average Bonchev–Trinajstić information content (AvgIpc) is 3.21. The Bertz CT molecular complexity index is 721. The number of amides is 1. The topological polar surface area (TPSA) is 84.4 Å². The molecule has 3 rings (SSSR count). The van der Waals surface area contributed by atoms with Gasteiger partial charge in [0.1, 0.15) is 0 Å². The molecule has 1 aromatic heterocycles. The summed E-state index contributed by atoms with van der Waals surface area (Å²) in [6.45, 7) is 6.14. The second kappa shape index (κ2) is 6.65. The zero-order valence-corrected chi connectivity index (χ0v) is 14.1. The number of rotatable bonds is 4. The number of nitrogens with two attached hydrogens (primary N) is 1. The van der Waals surface area contributed by atoms with Crippen molar-refractivity contribution in [3.05, 3.63) is 41.7 Å². The number of carbonyl (C=O) groups is 1. The van der Waals surface area contributed by atoms with Crippen molar-refractivity contribution in [3.8, 4) is 11.4 Å². The fraction of sp³-hybridized carbons (Fsp3) is 0.444. The summed E-state index contributed by atoms with van der Waals surface area (Å²) < 4.78 is 1.54. The lowest BCUT2D eigenvalue weighted by atomic mass is 10.0. The lowest BCUT2D eigenvalue weighted by Crippen LogP contribution is -2.30. The molecule has 6 nitrogen and oxygen atoms in total. The van der Waals surface area contributed by atoms with Gasteiger partial charge < -0.3 is 15.7 Å². The van der Waals surface area contributed by atoms with Crippen LogP contribution in [0.25, 0.3) is 5.69 Å². The van der Waals surface area contributed by atoms with Crippen LogP contribution in [0.4, 0.5) is 0 Å². The Morgan fingerprint density at radius 2 is 2.08 bits per heavy atom. The van der Waals surface area contributed by atoms with Crippen molar-refractivity contribution < 1.29 is 9.90 Å². The van der Waals surface area contributed by atoms with Crippen LogP contribution >= 0.6 is 0 Å². The molecule has 1 amide bonds. The highest BCUT2D eigenvalue weighted by Gasteiger charge is 2.29. The van der Waals surface area contributed by atoms with Crippen LogP contribution in [0.1, 0.15) is 42.2 Å². The maximum atomic E-state index is 12.6. The normalized spacial score (nSPS) is 17.7. The quantitative estimate of drug-likeness (QED) is 0.900. The van der Waals surface area contributed by atoms with Crippen LogP contribution < -0.4 is 5.73 Å². The van der Waals surface area contributed by atoms with Gasteiger partial charge in [0.25, 0.3) is 5.91 Å². The SMILES string of the molecule is CC(C)c1ccc(-n2cc(O)c(C(=O)N3CCC(CN)C3)n2)cc1. The zero-order valence-electron chi connectivity index (χ0n) is 14.1.